The normalized spacial score (nSPS) is 25.5. The molecule has 0 unspecified atom stereocenters. The smallest absolute Gasteiger partial charge is 0.323 e. The predicted molar refractivity (Wildman–Crippen MR) is 132 cm³/mol. The molecule has 3 N–H and O–H groups in total. The summed E-state index contributed by atoms with van der Waals surface area (Å²) in [7, 11) is 2.04. The lowest BCUT2D eigenvalue weighted by molar-refractivity contribution is -0.150. The number of carbonyl (C=O) groups excluding carboxylic acids is 2. The molecule has 3 heterocycles. The Morgan fingerprint density at radius 3 is 2.64 bits per heavy atom. The maximum atomic E-state index is 13.9. The first-order valence-corrected chi connectivity index (χ1v) is 12.3. The number of likely N-dealkylation sites (N-methyl/N-ethyl adjacent to an activating group) is 1. The summed E-state index contributed by atoms with van der Waals surface area (Å²) in [6, 6.07) is 10.7. The van der Waals surface area contributed by atoms with E-state index in [-0.39, 0.29) is 42.7 Å². The summed E-state index contributed by atoms with van der Waals surface area (Å²) in [6.07, 6.45) is -0.448. The van der Waals surface area contributed by atoms with Crippen molar-refractivity contribution in [2.45, 2.75) is 37.1 Å². The molecule has 192 valence electrons. The van der Waals surface area contributed by atoms with E-state index in [1.54, 1.807) is 24.3 Å². The number of aliphatic hydroxyl groups is 1. The average Bonchev–Trinajstić information content (AvgIpc) is 3.23. The maximum Gasteiger partial charge on any atom is 0.323 e. The fourth-order valence-electron chi connectivity index (χ4n) is 5.19. The third-order valence-electron chi connectivity index (χ3n) is 7.14. The number of nitrogens with one attached hydrogen (secondary N) is 2. The van der Waals surface area contributed by atoms with Gasteiger partial charge >= 0.3 is 6.03 Å². The number of urea groups is 1. The van der Waals surface area contributed by atoms with Crippen molar-refractivity contribution < 1.29 is 28.6 Å². The number of aliphatic hydroxyl groups excluding tert-OH is 1. The summed E-state index contributed by atoms with van der Waals surface area (Å²) in [5.41, 5.74) is 1.51. The summed E-state index contributed by atoms with van der Waals surface area (Å²) in [5, 5.41) is 15.2. The van der Waals surface area contributed by atoms with Crippen LogP contribution in [0.4, 0.5) is 20.6 Å². The second-order valence-electron chi connectivity index (χ2n) is 9.60. The van der Waals surface area contributed by atoms with Gasteiger partial charge in [0, 0.05) is 43.3 Å². The molecule has 0 bridgehead atoms. The Morgan fingerprint density at radius 1 is 1.11 bits per heavy atom. The Morgan fingerprint density at radius 2 is 1.89 bits per heavy atom. The summed E-state index contributed by atoms with van der Waals surface area (Å²) in [5.74, 6) is 0.112. The molecule has 5 rings (SSSR count). The van der Waals surface area contributed by atoms with Gasteiger partial charge in [0.15, 0.2) is 0 Å². The Labute approximate surface area is 209 Å². The number of benzene rings is 2. The SMILES string of the molecule is CN1CCN(C(=O)C[C@H]2C[C@H]3c4cc(NC(=O)Nc5ccccc5F)ccc4O[C@H]3[C@H](CO)O2)CC1. The first-order valence-electron chi connectivity index (χ1n) is 12.3. The highest BCUT2D eigenvalue weighted by Crippen LogP contribution is 2.47. The lowest BCUT2D eigenvalue weighted by Gasteiger charge is -2.38. The fraction of sp³-hybridized carbons (Fsp3) is 0.462. The van der Waals surface area contributed by atoms with Crippen molar-refractivity contribution in [1.29, 1.82) is 0 Å². The van der Waals surface area contributed by atoms with E-state index < -0.39 is 18.0 Å². The number of fused-ring (bicyclic) bond motifs is 3. The van der Waals surface area contributed by atoms with E-state index in [2.05, 4.69) is 15.5 Å². The van der Waals surface area contributed by atoms with Gasteiger partial charge in [-0.05, 0) is 43.8 Å². The predicted octanol–water partition coefficient (Wildman–Crippen LogP) is 2.63. The third-order valence-corrected chi connectivity index (χ3v) is 7.14. The van der Waals surface area contributed by atoms with E-state index in [4.69, 9.17) is 9.47 Å². The molecule has 36 heavy (non-hydrogen) atoms. The minimum atomic E-state index is -0.564. The zero-order valence-electron chi connectivity index (χ0n) is 20.2. The van der Waals surface area contributed by atoms with Crippen LogP contribution >= 0.6 is 0 Å². The Hall–Kier alpha value is -3.21. The summed E-state index contributed by atoms with van der Waals surface area (Å²) >= 11 is 0. The van der Waals surface area contributed by atoms with Crippen LogP contribution < -0.4 is 15.4 Å². The number of rotatable bonds is 5. The number of halogens is 1. The minimum absolute atomic E-state index is 0.0580. The van der Waals surface area contributed by atoms with Crippen LogP contribution in [-0.2, 0) is 9.53 Å². The average molecular weight is 499 g/mol. The number of carbonyl (C=O) groups is 2. The van der Waals surface area contributed by atoms with Crippen LogP contribution in [0, 0.1) is 5.82 Å². The number of nitrogens with zero attached hydrogens (tertiary/aromatic N) is 2. The van der Waals surface area contributed by atoms with E-state index in [0.717, 1.165) is 18.7 Å². The second kappa shape index (κ2) is 10.4. The molecule has 0 radical (unpaired) electrons. The van der Waals surface area contributed by atoms with Gasteiger partial charge in [-0.2, -0.15) is 0 Å². The molecule has 0 aromatic heterocycles. The van der Waals surface area contributed by atoms with Gasteiger partial charge in [0.1, 0.15) is 23.8 Å². The van der Waals surface area contributed by atoms with Crippen LogP contribution in [0.2, 0.25) is 0 Å². The van der Waals surface area contributed by atoms with E-state index in [0.29, 0.717) is 30.9 Å². The lowest BCUT2D eigenvalue weighted by atomic mass is 9.84. The zero-order valence-corrected chi connectivity index (χ0v) is 20.2. The zero-order chi connectivity index (χ0) is 25.2. The summed E-state index contributed by atoms with van der Waals surface area (Å²) in [4.78, 5) is 29.4. The van der Waals surface area contributed by atoms with Crippen LogP contribution in [0.15, 0.2) is 42.5 Å². The van der Waals surface area contributed by atoms with Gasteiger partial charge in [0.25, 0.3) is 0 Å². The number of amides is 3. The van der Waals surface area contributed by atoms with E-state index in [1.807, 2.05) is 18.0 Å². The van der Waals surface area contributed by atoms with Crippen LogP contribution in [0.3, 0.4) is 0 Å². The van der Waals surface area contributed by atoms with Crippen molar-refractivity contribution in [3.05, 3.63) is 53.8 Å². The van der Waals surface area contributed by atoms with Crippen LogP contribution in [0.1, 0.15) is 24.3 Å². The van der Waals surface area contributed by atoms with Gasteiger partial charge in [0.2, 0.25) is 5.91 Å². The van der Waals surface area contributed by atoms with Gasteiger partial charge in [-0.25, -0.2) is 9.18 Å². The van der Waals surface area contributed by atoms with Gasteiger partial charge in [-0.1, -0.05) is 12.1 Å². The van der Waals surface area contributed by atoms with E-state index in [9.17, 15) is 19.1 Å². The van der Waals surface area contributed by atoms with Crippen molar-refractivity contribution in [3.8, 4) is 5.75 Å². The number of hydrogen-bond donors (Lipinski definition) is 3. The first-order chi connectivity index (χ1) is 17.4. The monoisotopic (exact) mass is 498 g/mol. The molecule has 0 saturated carbocycles. The Bertz CT molecular complexity index is 1120. The van der Waals surface area contributed by atoms with Crippen molar-refractivity contribution in [3.63, 3.8) is 0 Å². The van der Waals surface area contributed by atoms with Gasteiger partial charge in [0.05, 0.1) is 24.8 Å². The van der Waals surface area contributed by atoms with Crippen LogP contribution in [-0.4, -0.2) is 85.0 Å². The third kappa shape index (κ3) is 5.16. The summed E-state index contributed by atoms with van der Waals surface area (Å²) < 4.78 is 26.1. The molecular weight excluding hydrogens is 467 g/mol. The molecule has 2 fully saturated rings. The molecule has 10 heteroatoms. The molecule has 0 spiro atoms. The molecular formula is C26H31FN4O5. The van der Waals surface area contributed by atoms with E-state index in [1.165, 1.54) is 12.1 Å². The van der Waals surface area contributed by atoms with Crippen LogP contribution in [0.25, 0.3) is 0 Å². The fourth-order valence-corrected chi connectivity index (χ4v) is 5.19. The first kappa shape index (κ1) is 24.5. The highest BCUT2D eigenvalue weighted by Gasteiger charge is 2.46. The van der Waals surface area contributed by atoms with Crippen LogP contribution in [0.5, 0.6) is 5.75 Å². The molecule has 2 aromatic rings. The second-order valence-corrected chi connectivity index (χ2v) is 9.60. The topological polar surface area (TPSA) is 103 Å². The molecule has 3 aliphatic rings. The standard InChI is InChI=1S/C26H31FN4O5/c1-30-8-10-31(11-9-30)24(33)14-17-13-19-18-12-16(6-7-22(18)36-25(19)23(15-32)35-17)28-26(34)29-21-5-3-2-4-20(21)27/h2-7,12,17,19,23,25,32H,8-11,13-15H2,1H3,(H2,28,29,34)/t17-,19+,23+,25-/m1/s1. The Kier molecular flexibility index (Phi) is 7.08. The van der Waals surface area contributed by atoms with Gasteiger partial charge < -0.3 is 35.0 Å². The largest absolute Gasteiger partial charge is 0.487 e. The summed E-state index contributed by atoms with van der Waals surface area (Å²) in [6.45, 7) is 2.89. The molecule has 3 amide bonds. The number of piperazine rings is 1. The number of anilines is 2. The lowest BCUT2D eigenvalue weighted by Crippen LogP contribution is -2.50. The molecule has 0 aliphatic carbocycles. The highest BCUT2D eigenvalue weighted by molar-refractivity contribution is 5.99. The van der Waals surface area contributed by atoms with Gasteiger partial charge in [-0.3, -0.25) is 4.79 Å². The van der Waals surface area contributed by atoms with Gasteiger partial charge in [-0.15, -0.1) is 0 Å². The number of para-hydroxylation sites is 1. The minimum Gasteiger partial charge on any atom is -0.487 e. The Balaban J connectivity index is 1.27. The van der Waals surface area contributed by atoms with Crippen molar-refractivity contribution in [2.24, 2.45) is 0 Å². The van der Waals surface area contributed by atoms with Crippen molar-refractivity contribution in [2.75, 3.05) is 50.5 Å². The molecule has 3 aliphatic heterocycles. The number of hydrogen-bond acceptors (Lipinski definition) is 6. The number of ether oxygens (including phenoxy) is 2. The van der Waals surface area contributed by atoms with E-state index >= 15 is 0 Å². The maximum absolute atomic E-state index is 13.9. The molecule has 2 saturated heterocycles. The van der Waals surface area contributed by atoms with Crippen molar-refractivity contribution in [1.82, 2.24) is 9.80 Å². The molecule has 2 aromatic carbocycles. The quantitative estimate of drug-likeness (QED) is 0.586. The molecule has 9 nitrogen and oxygen atoms in total. The molecule has 4 atom stereocenters. The highest BCUT2D eigenvalue weighted by atomic mass is 19.1. The van der Waals surface area contributed by atoms with Crippen molar-refractivity contribution >= 4 is 23.3 Å².